The molecular weight excluding hydrogens is 282 g/mol. The summed E-state index contributed by atoms with van der Waals surface area (Å²) in [5.41, 5.74) is 1.26. The molecular formula is C15H21N5O2. The monoisotopic (exact) mass is 303 g/mol. The number of hydrogen-bond acceptors (Lipinski definition) is 5. The summed E-state index contributed by atoms with van der Waals surface area (Å²) in [6, 6.07) is 1.54. The van der Waals surface area contributed by atoms with E-state index in [0.717, 1.165) is 25.9 Å². The SMILES string of the molecule is Cc1cc(NC(=O)C(C)N2CCC(c3cn[nH]c3)CC2)no1. The lowest BCUT2D eigenvalue weighted by atomic mass is 9.91. The van der Waals surface area contributed by atoms with Gasteiger partial charge < -0.3 is 9.84 Å². The lowest BCUT2D eigenvalue weighted by Crippen LogP contribution is -2.45. The highest BCUT2D eigenvalue weighted by Gasteiger charge is 2.27. The lowest BCUT2D eigenvalue weighted by molar-refractivity contribution is -0.121. The van der Waals surface area contributed by atoms with E-state index >= 15 is 0 Å². The summed E-state index contributed by atoms with van der Waals surface area (Å²) in [6.07, 6.45) is 5.94. The van der Waals surface area contributed by atoms with Crippen molar-refractivity contribution in [1.82, 2.24) is 20.3 Å². The number of carbonyl (C=O) groups excluding carboxylic acids is 1. The Morgan fingerprint density at radius 1 is 1.50 bits per heavy atom. The quantitative estimate of drug-likeness (QED) is 0.901. The fourth-order valence-electron chi connectivity index (χ4n) is 2.93. The number of aryl methyl sites for hydroxylation is 1. The first-order chi connectivity index (χ1) is 10.6. The van der Waals surface area contributed by atoms with Crippen LogP contribution in [0.5, 0.6) is 0 Å². The van der Waals surface area contributed by atoms with Gasteiger partial charge >= 0.3 is 0 Å². The Morgan fingerprint density at radius 2 is 2.27 bits per heavy atom. The van der Waals surface area contributed by atoms with Crippen molar-refractivity contribution in [2.24, 2.45) is 0 Å². The van der Waals surface area contributed by atoms with Crippen LogP contribution in [0.25, 0.3) is 0 Å². The molecule has 3 rings (SSSR count). The predicted octanol–water partition coefficient (Wildman–Crippen LogP) is 1.91. The molecule has 1 fully saturated rings. The zero-order valence-corrected chi connectivity index (χ0v) is 12.9. The number of aromatic amines is 1. The molecule has 7 heteroatoms. The third kappa shape index (κ3) is 3.19. The molecule has 1 unspecified atom stereocenters. The van der Waals surface area contributed by atoms with Crippen molar-refractivity contribution in [1.29, 1.82) is 0 Å². The van der Waals surface area contributed by atoms with Crippen LogP contribution in [0.4, 0.5) is 5.82 Å². The van der Waals surface area contributed by atoms with Crippen molar-refractivity contribution >= 4 is 11.7 Å². The minimum Gasteiger partial charge on any atom is -0.360 e. The van der Waals surface area contributed by atoms with Gasteiger partial charge in [-0.3, -0.25) is 14.8 Å². The van der Waals surface area contributed by atoms with Gasteiger partial charge in [-0.1, -0.05) is 5.16 Å². The number of aromatic nitrogens is 3. The number of amides is 1. The zero-order chi connectivity index (χ0) is 15.5. The van der Waals surface area contributed by atoms with E-state index in [4.69, 9.17) is 4.52 Å². The van der Waals surface area contributed by atoms with Crippen LogP contribution < -0.4 is 5.32 Å². The van der Waals surface area contributed by atoms with Crippen LogP contribution in [-0.2, 0) is 4.79 Å². The van der Waals surface area contributed by atoms with E-state index in [9.17, 15) is 4.79 Å². The van der Waals surface area contributed by atoms with Gasteiger partial charge in [0.1, 0.15) is 5.76 Å². The van der Waals surface area contributed by atoms with E-state index in [-0.39, 0.29) is 11.9 Å². The van der Waals surface area contributed by atoms with Crippen molar-refractivity contribution in [2.45, 2.75) is 38.6 Å². The molecule has 2 aromatic heterocycles. The van der Waals surface area contributed by atoms with Crippen LogP contribution in [0.15, 0.2) is 23.0 Å². The fourth-order valence-corrected chi connectivity index (χ4v) is 2.93. The molecule has 0 radical (unpaired) electrons. The molecule has 118 valence electrons. The molecule has 1 atom stereocenters. The van der Waals surface area contributed by atoms with Crippen LogP contribution in [0.3, 0.4) is 0 Å². The molecule has 2 aromatic rings. The van der Waals surface area contributed by atoms with Crippen LogP contribution in [0.1, 0.15) is 37.0 Å². The minimum atomic E-state index is -0.178. The highest BCUT2D eigenvalue weighted by Crippen LogP contribution is 2.28. The largest absolute Gasteiger partial charge is 0.360 e. The molecule has 0 aliphatic carbocycles. The van der Waals surface area contributed by atoms with Crippen LogP contribution in [-0.4, -0.2) is 45.3 Å². The van der Waals surface area contributed by atoms with Gasteiger partial charge in [0, 0.05) is 12.3 Å². The maximum atomic E-state index is 12.3. The molecule has 1 saturated heterocycles. The highest BCUT2D eigenvalue weighted by atomic mass is 16.5. The average Bonchev–Trinajstić information content (AvgIpc) is 3.18. The third-order valence-electron chi connectivity index (χ3n) is 4.33. The number of nitrogens with one attached hydrogen (secondary N) is 2. The van der Waals surface area contributed by atoms with E-state index in [2.05, 4.69) is 25.6 Å². The first-order valence-electron chi connectivity index (χ1n) is 7.60. The maximum absolute atomic E-state index is 12.3. The molecule has 0 saturated carbocycles. The Labute approximate surface area is 129 Å². The number of anilines is 1. The fraction of sp³-hybridized carbons (Fsp3) is 0.533. The van der Waals surface area contributed by atoms with Crippen molar-refractivity contribution < 1.29 is 9.32 Å². The van der Waals surface area contributed by atoms with E-state index < -0.39 is 0 Å². The minimum absolute atomic E-state index is 0.0462. The van der Waals surface area contributed by atoms with Crippen molar-refractivity contribution in [3.8, 4) is 0 Å². The molecule has 1 amide bonds. The molecule has 0 spiro atoms. The summed E-state index contributed by atoms with van der Waals surface area (Å²) in [5.74, 6) is 1.64. The number of piperidine rings is 1. The lowest BCUT2D eigenvalue weighted by Gasteiger charge is -2.34. The summed E-state index contributed by atoms with van der Waals surface area (Å²) in [7, 11) is 0. The Bertz CT molecular complexity index is 614. The maximum Gasteiger partial charge on any atom is 0.242 e. The summed E-state index contributed by atoms with van der Waals surface area (Å²) in [5, 5.41) is 13.5. The van der Waals surface area contributed by atoms with E-state index in [0.29, 0.717) is 17.5 Å². The van der Waals surface area contributed by atoms with Crippen molar-refractivity contribution in [3.63, 3.8) is 0 Å². The van der Waals surface area contributed by atoms with E-state index in [1.54, 1.807) is 13.0 Å². The number of likely N-dealkylation sites (tertiary alicyclic amines) is 1. The second-order valence-electron chi connectivity index (χ2n) is 5.83. The number of nitrogens with zero attached hydrogens (tertiary/aromatic N) is 3. The number of H-pyrrole nitrogens is 1. The topological polar surface area (TPSA) is 87.0 Å². The van der Waals surface area contributed by atoms with Gasteiger partial charge in [0.2, 0.25) is 5.91 Å². The molecule has 22 heavy (non-hydrogen) atoms. The molecule has 1 aliphatic heterocycles. The molecule has 3 heterocycles. The molecule has 0 aromatic carbocycles. The third-order valence-corrected chi connectivity index (χ3v) is 4.33. The number of carbonyl (C=O) groups is 1. The van der Waals surface area contributed by atoms with E-state index in [1.165, 1.54) is 5.56 Å². The number of rotatable bonds is 4. The summed E-state index contributed by atoms with van der Waals surface area (Å²) < 4.78 is 4.96. The van der Waals surface area contributed by atoms with Gasteiger partial charge in [0.05, 0.1) is 12.2 Å². The molecule has 1 aliphatic rings. The van der Waals surface area contributed by atoms with Crippen molar-refractivity contribution in [2.75, 3.05) is 18.4 Å². The summed E-state index contributed by atoms with van der Waals surface area (Å²) >= 11 is 0. The Hall–Kier alpha value is -2.15. The van der Waals surface area contributed by atoms with Gasteiger partial charge in [0.25, 0.3) is 0 Å². The highest BCUT2D eigenvalue weighted by molar-refractivity contribution is 5.93. The first kappa shape index (κ1) is 14.8. The molecule has 7 nitrogen and oxygen atoms in total. The predicted molar refractivity (Wildman–Crippen MR) is 81.5 cm³/mol. The standard InChI is InChI=1S/C15H21N5O2/c1-10-7-14(19-22-10)18-15(21)11(2)20-5-3-12(4-6-20)13-8-16-17-9-13/h7-9,11-12H,3-6H2,1-2H3,(H,16,17)(H,18,19,21). The first-order valence-corrected chi connectivity index (χ1v) is 7.60. The average molecular weight is 303 g/mol. The summed E-state index contributed by atoms with van der Waals surface area (Å²) in [6.45, 7) is 5.54. The zero-order valence-electron chi connectivity index (χ0n) is 12.9. The molecule has 2 N–H and O–H groups in total. The van der Waals surface area contributed by atoms with Crippen LogP contribution in [0.2, 0.25) is 0 Å². The van der Waals surface area contributed by atoms with Gasteiger partial charge in [-0.2, -0.15) is 5.10 Å². The second-order valence-corrected chi connectivity index (χ2v) is 5.83. The van der Waals surface area contributed by atoms with Crippen LogP contribution >= 0.6 is 0 Å². The normalized spacial score (nSPS) is 18.3. The van der Waals surface area contributed by atoms with Gasteiger partial charge in [-0.25, -0.2) is 0 Å². The number of hydrogen-bond donors (Lipinski definition) is 2. The Balaban J connectivity index is 1.53. The molecule has 0 bridgehead atoms. The van der Waals surface area contributed by atoms with Gasteiger partial charge in [-0.15, -0.1) is 0 Å². The summed E-state index contributed by atoms with van der Waals surface area (Å²) in [4.78, 5) is 14.5. The second kappa shape index (κ2) is 6.31. The van der Waals surface area contributed by atoms with Crippen LogP contribution in [0, 0.1) is 6.92 Å². The van der Waals surface area contributed by atoms with Gasteiger partial charge in [0.15, 0.2) is 5.82 Å². The Kier molecular flexibility index (Phi) is 4.24. The van der Waals surface area contributed by atoms with E-state index in [1.807, 2.05) is 19.3 Å². The van der Waals surface area contributed by atoms with Gasteiger partial charge in [-0.05, 0) is 51.3 Å². The smallest absolute Gasteiger partial charge is 0.242 e. The van der Waals surface area contributed by atoms with Crippen molar-refractivity contribution in [3.05, 3.63) is 29.8 Å². The Morgan fingerprint density at radius 3 is 2.86 bits per heavy atom.